The van der Waals surface area contributed by atoms with Crippen molar-refractivity contribution in [1.29, 1.82) is 5.26 Å². The Morgan fingerprint density at radius 1 is 1.24 bits per heavy atom. The normalized spacial score (nSPS) is 11.0. The molecule has 1 aromatic carbocycles. The highest BCUT2D eigenvalue weighted by atomic mass is 32.2. The Bertz CT molecular complexity index is 1120. The van der Waals surface area contributed by atoms with Gasteiger partial charge in [0.15, 0.2) is 16.3 Å². The number of aryl methyl sites for hydroxylation is 1. The van der Waals surface area contributed by atoms with Gasteiger partial charge in [-0.05, 0) is 6.07 Å². The number of nitriles is 1. The van der Waals surface area contributed by atoms with E-state index >= 15 is 0 Å². The average molecular weight is 359 g/mol. The Kier molecular flexibility index (Phi) is 4.46. The number of fused-ring (bicyclic) bond motifs is 1. The largest absolute Gasteiger partial charge is 0.332 e. The maximum absolute atomic E-state index is 14.1. The van der Waals surface area contributed by atoms with Crippen LogP contribution in [0.4, 0.5) is 4.39 Å². The molecule has 128 valence electrons. The molecular weight excluding hydrogens is 345 g/mol. The van der Waals surface area contributed by atoms with Gasteiger partial charge in [-0.1, -0.05) is 30.0 Å². The van der Waals surface area contributed by atoms with Crippen LogP contribution in [0.3, 0.4) is 0 Å². The van der Waals surface area contributed by atoms with Gasteiger partial charge in [0, 0.05) is 19.7 Å². The summed E-state index contributed by atoms with van der Waals surface area (Å²) in [7, 11) is 2.90. The number of thioether (sulfide) groups is 1. The molecule has 0 aliphatic carbocycles. The highest BCUT2D eigenvalue weighted by molar-refractivity contribution is 7.99. The monoisotopic (exact) mass is 359 g/mol. The third-order valence-electron chi connectivity index (χ3n) is 3.87. The number of benzene rings is 1. The SMILES string of the molecule is Cn1c(=O)c2c(nc(SCC#N)n2Cc2ccccc2F)n(C)c1=O. The summed E-state index contributed by atoms with van der Waals surface area (Å²) in [5, 5.41) is 9.22. The van der Waals surface area contributed by atoms with E-state index in [9.17, 15) is 14.0 Å². The number of aromatic nitrogens is 4. The van der Waals surface area contributed by atoms with Crippen molar-refractivity contribution in [3.63, 3.8) is 0 Å². The van der Waals surface area contributed by atoms with Crippen LogP contribution in [0.15, 0.2) is 39.0 Å². The number of hydrogen-bond donors (Lipinski definition) is 0. The molecule has 2 heterocycles. The van der Waals surface area contributed by atoms with Gasteiger partial charge in [0.25, 0.3) is 5.56 Å². The average Bonchev–Trinajstić information content (AvgIpc) is 2.96. The highest BCUT2D eigenvalue weighted by Gasteiger charge is 2.20. The van der Waals surface area contributed by atoms with E-state index in [4.69, 9.17) is 5.26 Å². The van der Waals surface area contributed by atoms with Gasteiger partial charge in [0.1, 0.15) is 5.82 Å². The van der Waals surface area contributed by atoms with Crippen LogP contribution in [0.2, 0.25) is 0 Å². The zero-order chi connectivity index (χ0) is 18.1. The van der Waals surface area contributed by atoms with Crippen LogP contribution >= 0.6 is 11.8 Å². The summed E-state index contributed by atoms with van der Waals surface area (Å²) < 4.78 is 17.9. The predicted octanol–water partition coefficient (Wildman–Crippen LogP) is 1.24. The standard InChI is InChI=1S/C16H14FN5O2S/c1-20-13-12(14(23)21(2)16(20)24)22(15(19-13)25-8-7-18)9-10-5-3-4-6-11(10)17/h3-6H,8-9H2,1-2H3. The van der Waals surface area contributed by atoms with Crippen LogP contribution in [0.25, 0.3) is 11.2 Å². The predicted molar refractivity (Wildman–Crippen MR) is 92.1 cm³/mol. The first kappa shape index (κ1) is 17.0. The summed E-state index contributed by atoms with van der Waals surface area (Å²) in [5.74, 6) is -0.281. The topological polar surface area (TPSA) is 85.6 Å². The van der Waals surface area contributed by atoms with Gasteiger partial charge in [-0.2, -0.15) is 5.26 Å². The third kappa shape index (κ3) is 2.85. The van der Waals surface area contributed by atoms with Crippen LogP contribution in [0, 0.1) is 17.1 Å². The lowest BCUT2D eigenvalue weighted by molar-refractivity contribution is 0.593. The van der Waals surface area contributed by atoms with E-state index in [0.29, 0.717) is 10.7 Å². The first-order valence-electron chi connectivity index (χ1n) is 7.35. The number of nitrogens with zero attached hydrogens (tertiary/aromatic N) is 5. The third-order valence-corrected chi connectivity index (χ3v) is 4.71. The summed E-state index contributed by atoms with van der Waals surface area (Å²) in [6.07, 6.45) is 0. The fourth-order valence-electron chi connectivity index (χ4n) is 2.58. The fourth-order valence-corrected chi connectivity index (χ4v) is 3.23. The summed E-state index contributed by atoms with van der Waals surface area (Å²) in [6.45, 7) is 0.0738. The molecule has 3 rings (SSSR count). The fraction of sp³-hybridized carbons (Fsp3) is 0.250. The summed E-state index contributed by atoms with van der Waals surface area (Å²) in [4.78, 5) is 29.1. The van der Waals surface area contributed by atoms with Gasteiger partial charge in [0.2, 0.25) is 0 Å². The molecule has 0 aliphatic rings. The molecule has 3 aromatic rings. The molecule has 2 aromatic heterocycles. The van der Waals surface area contributed by atoms with E-state index in [1.54, 1.807) is 22.8 Å². The first-order valence-corrected chi connectivity index (χ1v) is 8.33. The minimum Gasteiger partial charge on any atom is -0.308 e. The summed E-state index contributed by atoms with van der Waals surface area (Å²) in [6, 6.07) is 8.24. The van der Waals surface area contributed by atoms with E-state index in [1.165, 1.54) is 24.7 Å². The molecule has 0 bridgehead atoms. The molecule has 7 nitrogen and oxygen atoms in total. The Morgan fingerprint density at radius 2 is 1.96 bits per heavy atom. The molecule has 0 saturated carbocycles. The molecule has 0 aliphatic heterocycles. The molecule has 0 saturated heterocycles. The molecule has 0 amide bonds. The van der Waals surface area contributed by atoms with Gasteiger partial charge >= 0.3 is 5.69 Å². The second kappa shape index (κ2) is 6.57. The molecule has 0 spiro atoms. The Morgan fingerprint density at radius 3 is 2.64 bits per heavy atom. The van der Waals surface area contributed by atoms with Crippen molar-refractivity contribution < 1.29 is 4.39 Å². The Labute approximate surface area is 145 Å². The van der Waals surface area contributed by atoms with E-state index in [2.05, 4.69) is 4.98 Å². The zero-order valence-corrected chi connectivity index (χ0v) is 14.4. The molecular formula is C16H14FN5O2S. The number of hydrogen-bond acceptors (Lipinski definition) is 5. The quantitative estimate of drug-likeness (QED) is 0.654. The molecule has 0 radical (unpaired) electrons. The van der Waals surface area contributed by atoms with Gasteiger partial charge < -0.3 is 4.57 Å². The number of halogens is 1. The highest BCUT2D eigenvalue weighted by Crippen LogP contribution is 2.23. The van der Waals surface area contributed by atoms with E-state index in [1.807, 2.05) is 6.07 Å². The van der Waals surface area contributed by atoms with Gasteiger partial charge in [-0.15, -0.1) is 0 Å². The lowest BCUT2D eigenvalue weighted by atomic mass is 10.2. The van der Waals surface area contributed by atoms with Gasteiger partial charge in [-0.25, -0.2) is 14.2 Å². The van der Waals surface area contributed by atoms with Gasteiger partial charge in [0.05, 0.1) is 18.4 Å². The molecule has 9 heteroatoms. The lowest BCUT2D eigenvalue weighted by Crippen LogP contribution is -2.37. The van der Waals surface area contributed by atoms with Crippen molar-refractivity contribution >= 4 is 22.9 Å². The maximum Gasteiger partial charge on any atom is 0.332 e. The molecule has 25 heavy (non-hydrogen) atoms. The molecule has 0 atom stereocenters. The zero-order valence-electron chi connectivity index (χ0n) is 13.6. The second-order valence-electron chi connectivity index (χ2n) is 5.40. The first-order chi connectivity index (χ1) is 12.0. The van der Waals surface area contributed by atoms with E-state index in [0.717, 1.165) is 16.3 Å². The second-order valence-corrected chi connectivity index (χ2v) is 6.34. The molecule has 0 fully saturated rings. The smallest absolute Gasteiger partial charge is 0.308 e. The van der Waals surface area contributed by atoms with Crippen molar-refractivity contribution in [3.05, 3.63) is 56.5 Å². The van der Waals surface area contributed by atoms with Crippen LogP contribution in [-0.2, 0) is 20.6 Å². The minimum atomic E-state index is -0.509. The molecule has 0 N–H and O–H groups in total. The van der Waals surface area contributed by atoms with Crippen molar-refractivity contribution in [2.75, 3.05) is 5.75 Å². The van der Waals surface area contributed by atoms with Crippen molar-refractivity contribution in [1.82, 2.24) is 18.7 Å². The minimum absolute atomic E-state index is 0.0738. The van der Waals surface area contributed by atoms with Crippen LogP contribution in [-0.4, -0.2) is 24.4 Å². The van der Waals surface area contributed by atoms with Crippen molar-refractivity contribution in [3.8, 4) is 6.07 Å². The summed E-state index contributed by atoms with van der Waals surface area (Å²) in [5.41, 5.74) is -0.203. The molecule has 0 unspecified atom stereocenters. The Hall–Kier alpha value is -2.86. The maximum atomic E-state index is 14.1. The lowest BCUT2D eigenvalue weighted by Gasteiger charge is -2.09. The van der Waals surface area contributed by atoms with E-state index in [-0.39, 0.29) is 23.5 Å². The van der Waals surface area contributed by atoms with Crippen LogP contribution in [0.1, 0.15) is 5.56 Å². The summed E-state index contributed by atoms with van der Waals surface area (Å²) >= 11 is 1.13. The van der Waals surface area contributed by atoms with E-state index < -0.39 is 17.1 Å². The number of imidazole rings is 1. The van der Waals surface area contributed by atoms with Crippen LogP contribution in [0.5, 0.6) is 0 Å². The Balaban J connectivity index is 2.31. The van der Waals surface area contributed by atoms with Crippen LogP contribution < -0.4 is 11.2 Å². The van der Waals surface area contributed by atoms with Crippen molar-refractivity contribution in [2.24, 2.45) is 14.1 Å². The number of rotatable bonds is 4. The van der Waals surface area contributed by atoms with Crippen molar-refractivity contribution in [2.45, 2.75) is 11.7 Å². The van der Waals surface area contributed by atoms with Gasteiger partial charge in [-0.3, -0.25) is 13.9 Å².